The predicted molar refractivity (Wildman–Crippen MR) is 85.1 cm³/mol. The number of hydrogen-bond acceptors (Lipinski definition) is 2. The Labute approximate surface area is 123 Å². The van der Waals surface area contributed by atoms with Gasteiger partial charge in [0.25, 0.3) is 0 Å². The second-order valence-electron chi connectivity index (χ2n) is 5.81. The molecule has 1 aliphatic rings. The molecule has 1 N–H and O–H groups in total. The van der Waals surface area contributed by atoms with Crippen LogP contribution in [0.1, 0.15) is 51.5 Å². The van der Waals surface area contributed by atoms with Crippen molar-refractivity contribution in [1.29, 1.82) is 0 Å². The zero-order chi connectivity index (χ0) is 14.2. The summed E-state index contributed by atoms with van der Waals surface area (Å²) in [5, 5.41) is 3.54. The van der Waals surface area contributed by atoms with Crippen LogP contribution in [0.2, 0.25) is 0 Å². The molecular weight excluding hydrogens is 246 g/mol. The van der Waals surface area contributed by atoms with Crippen LogP contribution >= 0.6 is 0 Å². The average molecular weight is 273 g/mol. The van der Waals surface area contributed by atoms with Crippen molar-refractivity contribution in [3.05, 3.63) is 41.5 Å². The van der Waals surface area contributed by atoms with E-state index in [1.54, 1.807) is 5.57 Å². The van der Waals surface area contributed by atoms with Gasteiger partial charge in [-0.2, -0.15) is 0 Å². The molecule has 0 saturated heterocycles. The maximum Gasteiger partial charge on any atom is 0.124 e. The van der Waals surface area contributed by atoms with E-state index >= 15 is 0 Å². The fourth-order valence-corrected chi connectivity index (χ4v) is 2.62. The van der Waals surface area contributed by atoms with Crippen molar-refractivity contribution in [3.8, 4) is 5.75 Å². The Morgan fingerprint density at radius 1 is 1.20 bits per heavy atom. The number of benzene rings is 1. The van der Waals surface area contributed by atoms with E-state index in [0.29, 0.717) is 0 Å². The van der Waals surface area contributed by atoms with Crippen molar-refractivity contribution in [2.24, 2.45) is 0 Å². The fraction of sp³-hybridized carbons (Fsp3) is 0.556. The summed E-state index contributed by atoms with van der Waals surface area (Å²) in [7, 11) is 0. The fourth-order valence-electron chi connectivity index (χ4n) is 2.62. The molecule has 1 aromatic carbocycles. The molecule has 0 aromatic heterocycles. The molecule has 110 valence electrons. The first kappa shape index (κ1) is 15.1. The van der Waals surface area contributed by atoms with Crippen LogP contribution in [0, 0.1) is 0 Å². The molecule has 0 heterocycles. The second-order valence-corrected chi connectivity index (χ2v) is 5.81. The summed E-state index contributed by atoms with van der Waals surface area (Å²) < 4.78 is 5.84. The third-order valence-corrected chi connectivity index (χ3v) is 3.66. The summed E-state index contributed by atoms with van der Waals surface area (Å²) in [6, 6.07) is 8.31. The largest absolute Gasteiger partial charge is 0.491 e. The lowest BCUT2D eigenvalue weighted by atomic mass is 9.97. The van der Waals surface area contributed by atoms with Gasteiger partial charge in [-0.25, -0.2) is 0 Å². The highest BCUT2D eigenvalue weighted by atomic mass is 16.5. The lowest BCUT2D eigenvalue weighted by Crippen LogP contribution is -2.17. The number of ether oxygens (including phenoxy) is 1. The molecule has 0 amide bonds. The summed E-state index contributed by atoms with van der Waals surface area (Å²) in [4.78, 5) is 0. The smallest absolute Gasteiger partial charge is 0.124 e. The number of hydrogen-bond donors (Lipinski definition) is 1. The SMILES string of the molecule is CC(C)Oc1ccccc1CNCCC1=CCCCC1. The zero-order valence-corrected chi connectivity index (χ0v) is 12.8. The van der Waals surface area contributed by atoms with Crippen molar-refractivity contribution < 1.29 is 4.74 Å². The molecule has 1 aromatic rings. The molecule has 2 nitrogen and oxygen atoms in total. The highest BCUT2D eigenvalue weighted by molar-refractivity contribution is 5.33. The monoisotopic (exact) mass is 273 g/mol. The van der Waals surface area contributed by atoms with E-state index in [0.717, 1.165) is 18.8 Å². The van der Waals surface area contributed by atoms with Gasteiger partial charge in [-0.1, -0.05) is 29.8 Å². The van der Waals surface area contributed by atoms with Crippen LogP contribution in [-0.4, -0.2) is 12.6 Å². The van der Waals surface area contributed by atoms with Gasteiger partial charge in [-0.05, 0) is 58.6 Å². The van der Waals surface area contributed by atoms with Gasteiger partial charge < -0.3 is 10.1 Å². The van der Waals surface area contributed by atoms with E-state index in [1.165, 1.54) is 37.7 Å². The minimum absolute atomic E-state index is 0.226. The molecule has 20 heavy (non-hydrogen) atoms. The van der Waals surface area contributed by atoms with Crippen LogP contribution < -0.4 is 10.1 Å². The highest BCUT2D eigenvalue weighted by Crippen LogP contribution is 2.21. The van der Waals surface area contributed by atoms with Gasteiger partial charge >= 0.3 is 0 Å². The van der Waals surface area contributed by atoms with Crippen LogP contribution in [0.4, 0.5) is 0 Å². The van der Waals surface area contributed by atoms with Crippen LogP contribution in [0.5, 0.6) is 5.75 Å². The van der Waals surface area contributed by atoms with Gasteiger partial charge in [-0.15, -0.1) is 0 Å². The first-order valence-electron chi connectivity index (χ1n) is 7.89. The van der Waals surface area contributed by atoms with Gasteiger partial charge in [0, 0.05) is 12.1 Å². The summed E-state index contributed by atoms with van der Waals surface area (Å²) in [6.45, 7) is 6.08. The van der Waals surface area contributed by atoms with Gasteiger partial charge in [0.1, 0.15) is 5.75 Å². The molecule has 0 radical (unpaired) electrons. The van der Waals surface area contributed by atoms with Crippen molar-refractivity contribution >= 4 is 0 Å². The first-order valence-corrected chi connectivity index (χ1v) is 7.89. The standard InChI is InChI=1S/C18H27NO/c1-15(2)20-18-11-7-6-10-17(18)14-19-13-12-16-8-4-3-5-9-16/h6-8,10-11,15,19H,3-5,9,12-14H2,1-2H3. The summed E-state index contributed by atoms with van der Waals surface area (Å²) >= 11 is 0. The maximum atomic E-state index is 5.84. The minimum atomic E-state index is 0.226. The Morgan fingerprint density at radius 2 is 2.05 bits per heavy atom. The average Bonchev–Trinajstić information content (AvgIpc) is 2.46. The number of para-hydroxylation sites is 1. The number of rotatable bonds is 7. The van der Waals surface area contributed by atoms with E-state index in [4.69, 9.17) is 4.74 Å². The normalized spacial score (nSPS) is 15.2. The van der Waals surface area contributed by atoms with E-state index < -0.39 is 0 Å². The quantitative estimate of drug-likeness (QED) is 0.585. The summed E-state index contributed by atoms with van der Waals surface area (Å²) in [6.07, 6.45) is 9.17. The Morgan fingerprint density at radius 3 is 2.80 bits per heavy atom. The Hall–Kier alpha value is -1.28. The minimum Gasteiger partial charge on any atom is -0.491 e. The van der Waals surface area contributed by atoms with E-state index in [9.17, 15) is 0 Å². The van der Waals surface area contributed by atoms with Crippen LogP contribution in [0.25, 0.3) is 0 Å². The summed E-state index contributed by atoms with van der Waals surface area (Å²) in [5.41, 5.74) is 2.88. The van der Waals surface area contributed by atoms with Crippen LogP contribution in [0.3, 0.4) is 0 Å². The van der Waals surface area contributed by atoms with E-state index in [2.05, 4.69) is 43.4 Å². The van der Waals surface area contributed by atoms with Gasteiger partial charge in [0.15, 0.2) is 0 Å². The predicted octanol–water partition coefficient (Wildman–Crippen LogP) is 4.45. The third kappa shape index (κ3) is 5.01. The molecule has 1 aliphatic carbocycles. The highest BCUT2D eigenvalue weighted by Gasteiger charge is 2.06. The maximum absolute atomic E-state index is 5.84. The molecule has 0 spiro atoms. The molecule has 0 bridgehead atoms. The zero-order valence-electron chi connectivity index (χ0n) is 12.8. The molecule has 0 aliphatic heterocycles. The van der Waals surface area contributed by atoms with E-state index in [-0.39, 0.29) is 6.10 Å². The Bertz CT molecular complexity index is 437. The Balaban J connectivity index is 1.77. The van der Waals surface area contributed by atoms with Crippen molar-refractivity contribution in [2.45, 2.75) is 58.6 Å². The topological polar surface area (TPSA) is 21.3 Å². The van der Waals surface area contributed by atoms with Crippen LogP contribution in [-0.2, 0) is 6.54 Å². The van der Waals surface area contributed by atoms with Gasteiger partial charge in [0.2, 0.25) is 0 Å². The van der Waals surface area contributed by atoms with Crippen molar-refractivity contribution in [3.63, 3.8) is 0 Å². The Kier molecular flexibility index (Phi) is 6.13. The molecule has 2 rings (SSSR count). The molecule has 0 saturated carbocycles. The molecular formula is C18H27NO. The molecule has 0 unspecified atom stereocenters. The lowest BCUT2D eigenvalue weighted by Gasteiger charge is -2.15. The molecule has 0 atom stereocenters. The number of allylic oxidation sites excluding steroid dienone is 1. The van der Waals surface area contributed by atoms with E-state index in [1.807, 2.05) is 6.07 Å². The summed E-state index contributed by atoms with van der Waals surface area (Å²) in [5.74, 6) is 1.01. The van der Waals surface area contributed by atoms with Gasteiger partial charge in [0.05, 0.1) is 6.10 Å². The lowest BCUT2D eigenvalue weighted by molar-refractivity contribution is 0.239. The van der Waals surface area contributed by atoms with Crippen molar-refractivity contribution in [1.82, 2.24) is 5.32 Å². The molecule has 0 fully saturated rings. The number of nitrogens with one attached hydrogen (secondary N) is 1. The van der Waals surface area contributed by atoms with Gasteiger partial charge in [-0.3, -0.25) is 0 Å². The first-order chi connectivity index (χ1) is 9.75. The van der Waals surface area contributed by atoms with Crippen LogP contribution in [0.15, 0.2) is 35.9 Å². The third-order valence-electron chi connectivity index (χ3n) is 3.66. The second kappa shape index (κ2) is 8.11. The van der Waals surface area contributed by atoms with Crippen molar-refractivity contribution in [2.75, 3.05) is 6.54 Å². The molecule has 2 heteroatoms.